The summed E-state index contributed by atoms with van der Waals surface area (Å²) in [5.74, 6) is -0.233. The number of fused-ring (bicyclic) bond motifs is 2. The number of piperidine rings is 1. The third kappa shape index (κ3) is 2.97. The van der Waals surface area contributed by atoms with Gasteiger partial charge in [-0.1, -0.05) is 17.7 Å². The maximum absolute atomic E-state index is 14.0. The molecule has 4 nitrogen and oxygen atoms in total. The van der Waals surface area contributed by atoms with Gasteiger partial charge in [0, 0.05) is 23.3 Å². The van der Waals surface area contributed by atoms with Gasteiger partial charge in [-0.25, -0.2) is 9.18 Å². The highest BCUT2D eigenvalue weighted by Crippen LogP contribution is 2.47. The lowest BCUT2D eigenvalue weighted by Gasteiger charge is -2.38. The lowest BCUT2D eigenvalue weighted by molar-refractivity contribution is 0.196. The van der Waals surface area contributed by atoms with Gasteiger partial charge in [-0.2, -0.15) is 0 Å². The quantitative estimate of drug-likeness (QED) is 0.836. The summed E-state index contributed by atoms with van der Waals surface area (Å²) >= 11 is 0. The summed E-state index contributed by atoms with van der Waals surface area (Å²) in [5, 5.41) is 2.98. The van der Waals surface area contributed by atoms with E-state index in [0.717, 1.165) is 48.4 Å². The highest BCUT2D eigenvalue weighted by atomic mass is 19.1. The highest BCUT2D eigenvalue weighted by Gasteiger charge is 2.46. The summed E-state index contributed by atoms with van der Waals surface area (Å²) in [5.41, 5.74) is 3.59. The van der Waals surface area contributed by atoms with Gasteiger partial charge >= 0.3 is 6.03 Å². The fourth-order valence-corrected chi connectivity index (χ4v) is 4.12. The molecule has 1 N–H and O–H groups in total. The van der Waals surface area contributed by atoms with Crippen LogP contribution >= 0.6 is 0 Å². The first-order valence-corrected chi connectivity index (χ1v) is 9.11. The lowest BCUT2D eigenvalue weighted by atomic mass is 9.74. The largest absolute Gasteiger partial charge is 0.326 e. The van der Waals surface area contributed by atoms with E-state index in [1.807, 2.05) is 31.2 Å². The maximum Gasteiger partial charge on any atom is 0.326 e. The van der Waals surface area contributed by atoms with Crippen molar-refractivity contribution < 1.29 is 9.18 Å². The number of anilines is 2. The lowest BCUT2D eigenvalue weighted by Crippen LogP contribution is -2.45. The van der Waals surface area contributed by atoms with Crippen LogP contribution in [0.4, 0.5) is 20.6 Å². The number of likely N-dealkylation sites (tertiary alicyclic amines) is 1. The monoisotopic (exact) mass is 353 g/mol. The predicted octanol–water partition coefficient (Wildman–Crippen LogP) is 4.15. The summed E-state index contributed by atoms with van der Waals surface area (Å²) in [6.07, 6.45) is 1.88. The Morgan fingerprint density at radius 2 is 1.81 bits per heavy atom. The van der Waals surface area contributed by atoms with Crippen LogP contribution in [0.2, 0.25) is 0 Å². The molecule has 2 aromatic carbocycles. The van der Waals surface area contributed by atoms with Gasteiger partial charge in [0.25, 0.3) is 0 Å². The number of urea groups is 1. The molecule has 0 bridgehead atoms. The minimum atomic E-state index is -0.233. The van der Waals surface area contributed by atoms with E-state index >= 15 is 0 Å². The van der Waals surface area contributed by atoms with Crippen LogP contribution in [-0.4, -0.2) is 37.6 Å². The molecule has 0 saturated carbocycles. The Morgan fingerprint density at radius 3 is 2.50 bits per heavy atom. The maximum atomic E-state index is 14.0. The van der Waals surface area contributed by atoms with Crippen molar-refractivity contribution in [2.75, 3.05) is 36.9 Å². The van der Waals surface area contributed by atoms with Crippen LogP contribution in [0.25, 0.3) is 0 Å². The minimum Gasteiger partial charge on any atom is -0.308 e. The van der Waals surface area contributed by atoms with Crippen LogP contribution in [-0.2, 0) is 5.41 Å². The number of nitrogens with one attached hydrogen (secondary N) is 1. The van der Waals surface area contributed by atoms with Gasteiger partial charge < -0.3 is 10.2 Å². The van der Waals surface area contributed by atoms with Gasteiger partial charge in [0.05, 0.1) is 0 Å². The van der Waals surface area contributed by atoms with Crippen molar-refractivity contribution in [3.8, 4) is 0 Å². The average molecular weight is 353 g/mol. The topological polar surface area (TPSA) is 35.6 Å². The molecule has 2 heterocycles. The van der Waals surface area contributed by atoms with Crippen molar-refractivity contribution in [1.82, 2.24) is 4.90 Å². The van der Waals surface area contributed by atoms with Crippen molar-refractivity contribution >= 4 is 17.4 Å². The minimum absolute atomic E-state index is 0.144. The molecule has 0 atom stereocenters. The van der Waals surface area contributed by atoms with Crippen LogP contribution in [0.15, 0.2) is 42.5 Å². The molecule has 2 aliphatic heterocycles. The number of hydrogen-bond donors (Lipinski definition) is 1. The molecule has 2 aliphatic rings. The van der Waals surface area contributed by atoms with E-state index < -0.39 is 0 Å². The zero-order chi connectivity index (χ0) is 18.3. The number of nitrogens with zero attached hydrogens (tertiary/aromatic N) is 2. The van der Waals surface area contributed by atoms with Gasteiger partial charge in [-0.05, 0) is 75.8 Å². The zero-order valence-corrected chi connectivity index (χ0v) is 15.3. The van der Waals surface area contributed by atoms with Crippen molar-refractivity contribution in [2.45, 2.75) is 25.2 Å². The number of carbonyl (C=O) groups is 1. The Kier molecular flexibility index (Phi) is 4.19. The Balaban J connectivity index is 1.63. The average Bonchev–Trinajstić information content (AvgIpc) is 2.94. The molecular formula is C21H24FN3O. The third-order valence-corrected chi connectivity index (χ3v) is 5.77. The number of amides is 2. The fourth-order valence-electron chi connectivity index (χ4n) is 4.12. The van der Waals surface area contributed by atoms with Crippen LogP contribution in [0, 0.1) is 12.7 Å². The van der Waals surface area contributed by atoms with E-state index in [4.69, 9.17) is 0 Å². The van der Waals surface area contributed by atoms with E-state index in [0.29, 0.717) is 6.54 Å². The Hall–Kier alpha value is -2.40. The van der Waals surface area contributed by atoms with E-state index in [9.17, 15) is 9.18 Å². The summed E-state index contributed by atoms with van der Waals surface area (Å²) in [6, 6.07) is 12.4. The van der Waals surface area contributed by atoms with Crippen LogP contribution in [0.5, 0.6) is 0 Å². The summed E-state index contributed by atoms with van der Waals surface area (Å²) in [7, 11) is 2.11. The molecule has 26 heavy (non-hydrogen) atoms. The van der Waals surface area contributed by atoms with Crippen LogP contribution in [0.3, 0.4) is 0 Å². The first-order valence-electron chi connectivity index (χ1n) is 9.11. The SMILES string of the molecule is Cc1ccc(NC(=O)N2CC3(CCN(C)CC3)c3cc(F)ccc32)cc1. The molecule has 1 spiro atoms. The molecule has 0 aromatic heterocycles. The number of halogens is 1. The van der Waals surface area contributed by atoms with E-state index in [-0.39, 0.29) is 17.3 Å². The summed E-state index contributed by atoms with van der Waals surface area (Å²) in [4.78, 5) is 17.0. The molecular weight excluding hydrogens is 329 g/mol. The van der Waals surface area contributed by atoms with E-state index in [2.05, 4.69) is 17.3 Å². The number of benzene rings is 2. The second-order valence-corrected chi connectivity index (χ2v) is 7.63. The zero-order valence-electron chi connectivity index (χ0n) is 15.3. The number of aryl methyl sites for hydroxylation is 1. The van der Waals surface area contributed by atoms with Gasteiger partial charge in [-0.3, -0.25) is 4.90 Å². The van der Waals surface area contributed by atoms with Crippen molar-refractivity contribution in [3.05, 3.63) is 59.4 Å². The number of hydrogen-bond acceptors (Lipinski definition) is 2. The Bertz CT molecular complexity index is 826. The van der Waals surface area contributed by atoms with E-state index in [1.54, 1.807) is 17.0 Å². The molecule has 2 aromatic rings. The smallest absolute Gasteiger partial charge is 0.308 e. The highest BCUT2D eigenvalue weighted by molar-refractivity contribution is 6.03. The molecule has 0 radical (unpaired) electrons. The Labute approximate surface area is 153 Å². The molecule has 136 valence electrons. The van der Waals surface area contributed by atoms with E-state index in [1.165, 1.54) is 6.07 Å². The van der Waals surface area contributed by atoms with Crippen molar-refractivity contribution in [2.24, 2.45) is 0 Å². The van der Waals surface area contributed by atoms with Gasteiger partial charge in [-0.15, -0.1) is 0 Å². The summed E-state index contributed by atoms with van der Waals surface area (Å²) in [6.45, 7) is 4.55. The third-order valence-electron chi connectivity index (χ3n) is 5.77. The molecule has 5 heteroatoms. The second kappa shape index (κ2) is 6.40. The Morgan fingerprint density at radius 1 is 1.12 bits per heavy atom. The molecule has 4 rings (SSSR count). The molecule has 1 saturated heterocycles. The number of rotatable bonds is 1. The molecule has 0 aliphatic carbocycles. The molecule has 2 amide bonds. The van der Waals surface area contributed by atoms with Crippen LogP contribution in [0.1, 0.15) is 24.0 Å². The first-order chi connectivity index (χ1) is 12.5. The molecule has 0 unspecified atom stereocenters. The van der Waals surface area contributed by atoms with Gasteiger partial charge in [0.1, 0.15) is 5.82 Å². The molecule has 1 fully saturated rings. The standard InChI is InChI=1S/C21H24FN3O/c1-15-3-6-17(7-4-15)23-20(26)25-14-21(9-11-24(2)12-10-21)18-13-16(22)5-8-19(18)25/h3-8,13H,9-12,14H2,1-2H3,(H,23,26). The first kappa shape index (κ1) is 17.0. The fraction of sp³-hybridized carbons (Fsp3) is 0.381. The summed E-state index contributed by atoms with van der Waals surface area (Å²) < 4.78 is 14.0. The van der Waals surface area contributed by atoms with Crippen molar-refractivity contribution in [1.29, 1.82) is 0 Å². The van der Waals surface area contributed by atoms with Gasteiger partial charge in [0.2, 0.25) is 0 Å². The normalized spacial score (nSPS) is 18.8. The van der Waals surface area contributed by atoms with Crippen LogP contribution < -0.4 is 10.2 Å². The second-order valence-electron chi connectivity index (χ2n) is 7.63. The van der Waals surface area contributed by atoms with Gasteiger partial charge in [0.15, 0.2) is 0 Å². The predicted molar refractivity (Wildman–Crippen MR) is 102 cm³/mol. The number of carbonyl (C=O) groups excluding carboxylic acids is 1. The van der Waals surface area contributed by atoms with Crippen molar-refractivity contribution in [3.63, 3.8) is 0 Å².